The Labute approximate surface area is 108 Å². The average molecular weight is 257 g/mol. The third kappa shape index (κ3) is 3.44. The third-order valence-electron chi connectivity index (χ3n) is 3.41. The molecule has 1 aromatic heterocycles. The topological polar surface area (TPSA) is 33.1 Å². The smallest absolute Gasteiger partial charge is 0.128 e. The van der Waals surface area contributed by atoms with Crippen LogP contribution in [0.5, 0.6) is 0 Å². The van der Waals surface area contributed by atoms with Crippen LogP contribution in [0.25, 0.3) is 0 Å². The number of halogens is 1. The Morgan fingerprint density at radius 2 is 2.47 bits per heavy atom. The largest absolute Gasteiger partial charge is 0.321 e. The van der Waals surface area contributed by atoms with Crippen LogP contribution in [-0.4, -0.2) is 41.1 Å². The monoisotopic (exact) mass is 256 g/mol. The van der Waals surface area contributed by atoms with Gasteiger partial charge in [-0.15, -0.1) is 0 Å². The molecule has 1 N–H and O–H groups in total. The highest BCUT2D eigenvalue weighted by atomic mass is 35.5. The Balaban J connectivity index is 1.84. The van der Waals surface area contributed by atoms with E-state index in [4.69, 9.17) is 11.6 Å². The molecule has 1 saturated heterocycles. The Morgan fingerprint density at radius 3 is 3.06 bits per heavy atom. The van der Waals surface area contributed by atoms with Gasteiger partial charge in [0.2, 0.25) is 0 Å². The van der Waals surface area contributed by atoms with Gasteiger partial charge in [-0.05, 0) is 38.9 Å². The summed E-state index contributed by atoms with van der Waals surface area (Å²) >= 11 is 5.98. The Bertz CT molecular complexity index is 357. The fourth-order valence-electron chi connectivity index (χ4n) is 2.40. The molecule has 1 fully saturated rings. The molecule has 4 nitrogen and oxygen atoms in total. The molecule has 5 heteroatoms. The number of hydrogen-bond donors (Lipinski definition) is 1. The van der Waals surface area contributed by atoms with E-state index < -0.39 is 0 Å². The van der Waals surface area contributed by atoms with Gasteiger partial charge in [-0.25, -0.2) is 4.98 Å². The van der Waals surface area contributed by atoms with Crippen LogP contribution >= 0.6 is 11.6 Å². The van der Waals surface area contributed by atoms with Crippen molar-refractivity contribution in [3.05, 3.63) is 17.2 Å². The van der Waals surface area contributed by atoms with Crippen LogP contribution in [0.15, 0.2) is 6.20 Å². The van der Waals surface area contributed by atoms with Gasteiger partial charge in [-0.1, -0.05) is 11.6 Å². The first-order chi connectivity index (χ1) is 8.16. The van der Waals surface area contributed by atoms with Gasteiger partial charge in [0.1, 0.15) is 11.0 Å². The average Bonchev–Trinajstić information content (AvgIpc) is 2.62. The molecule has 96 valence electrons. The molecule has 0 saturated carbocycles. The maximum atomic E-state index is 5.98. The number of hydrogen-bond acceptors (Lipinski definition) is 3. The molecular weight excluding hydrogens is 236 g/mol. The minimum absolute atomic E-state index is 0.702. The molecule has 2 heterocycles. The summed E-state index contributed by atoms with van der Waals surface area (Å²) < 4.78 is 1.94. The molecule has 0 radical (unpaired) electrons. The molecule has 1 aliphatic rings. The van der Waals surface area contributed by atoms with Gasteiger partial charge in [0.05, 0.1) is 12.7 Å². The van der Waals surface area contributed by atoms with E-state index in [-0.39, 0.29) is 0 Å². The summed E-state index contributed by atoms with van der Waals surface area (Å²) in [5, 5.41) is 4.15. The third-order valence-corrected chi connectivity index (χ3v) is 3.76. The lowest BCUT2D eigenvalue weighted by Crippen LogP contribution is -2.36. The highest BCUT2D eigenvalue weighted by Crippen LogP contribution is 2.14. The number of aromatic nitrogens is 2. The second kappa shape index (κ2) is 5.85. The molecule has 0 amide bonds. The number of piperidine rings is 1. The van der Waals surface area contributed by atoms with Crippen LogP contribution in [-0.2, 0) is 13.6 Å². The lowest BCUT2D eigenvalue weighted by atomic mass is 9.99. The van der Waals surface area contributed by atoms with Crippen molar-refractivity contribution in [3.8, 4) is 0 Å². The maximum absolute atomic E-state index is 5.98. The highest BCUT2D eigenvalue weighted by molar-refractivity contribution is 6.29. The predicted molar refractivity (Wildman–Crippen MR) is 70.1 cm³/mol. The van der Waals surface area contributed by atoms with Crippen LogP contribution < -0.4 is 5.32 Å². The second-order valence-electron chi connectivity index (χ2n) is 4.97. The summed E-state index contributed by atoms with van der Waals surface area (Å²) in [5.41, 5.74) is 0. The zero-order chi connectivity index (χ0) is 12.3. The molecular formula is C12H21ClN4. The molecule has 0 bridgehead atoms. The van der Waals surface area contributed by atoms with Gasteiger partial charge in [-0.3, -0.25) is 4.90 Å². The van der Waals surface area contributed by atoms with Gasteiger partial charge < -0.3 is 9.88 Å². The van der Waals surface area contributed by atoms with Crippen molar-refractivity contribution in [3.63, 3.8) is 0 Å². The van der Waals surface area contributed by atoms with Gasteiger partial charge in [0.25, 0.3) is 0 Å². The fourth-order valence-corrected chi connectivity index (χ4v) is 2.54. The summed E-state index contributed by atoms with van der Waals surface area (Å²) in [4.78, 5) is 6.65. The minimum atomic E-state index is 0.702. The zero-order valence-electron chi connectivity index (χ0n) is 10.6. The molecule has 1 aliphatic heterocycles. The van der Waals surface area contributed by atoms with Crippen LogP contribution in [0.1, 0.15) is 18.7 Å². The van der Waals surface area contributed by atoms with Crippen molar-refractivity contribution in [2.24, 2.45) is 13.0 Å². The molecule has 1 atom stereocenters. The van der Waals surface area contributed by atoms with Crippen molar-refractivity contribution in [2.75, 3.05) is 26.7 Å². The SMILES string of the molecule is CN(Cc1ncc(Cl)n1C)CC1CCCNC1. The van der Waals surface area contributed by atoms with Crippen molar-refractivity contribution in [1.29, 1.82) is 0 Å². The standard InChI is InChI=1S/C12H21ClN4/c1-16(8-10-4-3-5-14-6-10)9-12-15-7-11(13)17(12)2/h7,10,14H,3-6,8-9H2,1-2H3. The molecule has 0 aliphatic carbocycles. The Kier molecular flexibility index (Phi) is 4.42. The van der Waals surface area contributed by atoms with Crippen molar-refractivity contribution in [2.45, 2.75) is 19.4 Å². The second-order valence-corrected chi connectivity index (χ2v) is 5.35. The van der Waals surface area contributed by atoms with E-state index in [0.717, 1.165) is 31.4 Å². The quantitative estimate of drug-likeness (QED) is 0.887. The van der Waals surface area contributed by atoms with Gasteiger partial charge in [0, 0.05) is 13.6 Å². The normalized spacial score (nSPS) is 21.1. The van der Waals surface area contributed by atoms with E-state index in [0.29, 0.717) is 5.15 Å². The Hall–Kier alpha value is -0.580. The summed E-state index contributed by atoms with van der Waals surface area (Å²) in [7, 11) is 4.11. The summed E-state index contributed by atoms with van der Waals surface area (Å²) in [6.07, 6.45) is 4.35. The van der Waals surface area contributed by atoms with Crippen LogP contribution in [0.4, 0.5) is 0 Å². The number of imidazole rings is 1. The lowest BCUT2D eigenvalue weighted by Gasteiger charge is -2.27. The number of nitrogens with zero attached hydrogens (tertiary/aromatic N) is 3. The number of rotatable bonds is 4. The Morgan fingerprint density at radius 1 is 1.65 bits per heavy atom. The summed E-state index contributed by atoms with van der Waals surface area (Å²) in [5.74, 6) is 1.80. The molecule has 0 aromatic carbocycles. The van der Waals surface area contributed by atoms with Crippen molar-refractivity contribution < 1.29 is 0 Å². The summed E-state index contributed by atoms with van der Waals surface area (Å²) in [6, 6.07) is 0. The maximum Gasteiger partial charge on any atom is 0.128 e. The van der Waals surface area contributed by atoms with E-state index in [1.165, 1.54) is 19.4 Å². The van der Waals surface area contributed by atoms with Crippen LogP contribution in [0.3, 0.4) is 0 Å². The van der Waals surface area contributed by atoms with E-state index in [1.807, 2.05) is 11.6 Å². The predicted octanol–water partition coefficient (Wildman–Crippen LogP) is 1.50. The van der Waals surface area contributed by atoms with Gasteiger partial charge >= 0.3 is 0 Å². The molecule has 1 unspecified atom stereocenters. The van der Waals surface area contributed by atoms with Gasteiger partial charge in [-0.2, -0.15) is 0 Å². The van der Waals surface area contributed by atoms with Crippen LogP contribution in [0.2, 0.25) is 5.15 Å². The molecule has 1 aromatic rings. The minimum Gasteiger partial charge on any atom is -0.321 e. The molecule has 17 heavy (non-hydrogen) atoms. The van der Waals surface area contributed by atoms with E-state index in [2.05, 4.69) is 22.2 Å². The van der Waals surface area contributed by atoms with Crippen molar-refractivity contribution in [1.82, 2.24) is 19.8 Å². The van der Waals surface area contributed by atoms with Crippen molar-refractivity contribution >= 4 is 11.6 Å². The molecule has 2 rings (SSSR count). The summed E-state index contributed by atoms with van der Waals surface area (Å²) in [6.45, 7) is 4.30. The first kappa shape index (κ1) is 12.9. The van der Waals surface area contributed by atoms with E-state index in [9.17, 15) is 0 Å². The van der Waals surface area contributed by atoms with E-state index >= 15 is 0 Å². The lowest BCUT2D eigenvalue weighted by molar-refractivity contribution is 0.232. The first-order valence-corrected chi connectivity index (χ1v) is 6.60. The molecule has 0 spiro atoms. The van der Waals surface area contributed by atoms with E-state index in [1.54, 1.807) is 6.20 Å². The van der Waals surface area contributed by atoms with Gasteiger partial charge in [0.15, 0.2) is 0 Å². The first-order valence-electron chi connectivity index (χ1n) is 6.22. The van der Waals surface area contributed by atoms with Crippen LogP contribution in [0, 0.1) is 5.92 Å². The zero-order valence-corrected chi connectivity index (χ0v) is 11.4. The number of nitrogens with one attached hydrogen (secondary N) is 1. The fraction of sp³-hybridized carbons (Fsp3) is 0.750. The highest BCUT2D eigenvalue weighted by Gasteiger charge is 2.16.